The quantitative estimate of drug-likeness (QED) is 0.829. The zero-order chi connectivity index (χ0) is 13.9. The summed E-state index contributed by atoms with van der Waals surface area (Å²) in [4.78, 5) is 11.9. The summed E-state index contributed by atoms with van der Waals surface area (Å²) in [7, 11) is -3.62. The molecule has 0 aromatic carbocycles. The van der Waals surface area contributed by atoms with E-state index in [0.29, 0.717) is 5.69 Å². The van der Waals surface area contributed by atoms with Crippen molar-refractivity contribution in [1.82, 2.24) is 19.7 Å². The lowest BCUT2D eigenvalue weighted by Crippen LogP contribution is -2.24. The van der Waals surface area contributed by atoms with Crippen LogP contribution in [-0.4, -0.2) is 23.4 Å². The highest BCUT2D eigenvalue weighted by Crippen LogP contribution is 2.09. The van der Waals surface area contributed by atoms with E-state index in [-0.39, 0.29) is 17.3 Å². The number of sulfonamides is 1. The van der Waals surface area contributed by atoms with Crippen LogP contribution < -0.4 is 10.5 Å². The lowest BCUT2D eigenvalue weighted by Gasteiger charge is -2.06. The highest BCUT2D eigenvalue weighted by Gasteiger charge is 2.14. The number of nitrogens with two attached hydrogens (primary N) is 1. The largest absolute Gasteiger partial charge is 0.384 e. The van der Waals surface area contributed by atoms with E-state index in [0.717, 1.165) is 5.69 Å². The van der Waals surface area contributed by atoms with Crippen LogP contribution in [0.15, 0.2) is 35.6 Å². The molecule has 0 amide bonds. The summed E-state index contributed by atoms with van der Waals surface area (Å²) in [5, 5.41) is 0. The van der Waals surface area contributed by atoms with E-state index in [1.165, 1.54) is 24.5 Å². The number of pyridine rings is 1. The van der Waals surface area contributed by atoms with Crippen LogP contribution in [-0.2, 0) is 16.6 Å². The Morgan fingerprint density at radius 1 is 1.16 bits per heavy atom. The first-order valence-corrected chi connectivity index (χ1v) is 6.94. The summed E-state index contributed by atoms with van der Waals surface area (Å²) in [5.74, 6) is 0.267. The zero-order valence-electron chi connectivity index (χ0n) is 10.2. The molecular weight excluding hydrogens is 266 g/mol. The average Bonchev–Trinajstić information content (AvgIpc) is 2.39. The second-order valence-corrected chi connectivity index (χ2v) is 5.66. The third kappa shape index (κ3) is 3.46. The van der Waals surface area contributed by atoms with Crippen molar-refractivity contribution in [2.45, 2.75) is 18.4 Å². The number of nitrogens with one attached hydrogen (secondary N) is 1. The van der Waals surface area contributed by atoms with Crippen LogP contribution in [0.5, 0.6) is 0 Å². The topological polar surface area (TPSA) is 111 Å². The van der Waals surface area contributed by atoms with Crippen LogP contribution in [0.3, 0.4) is 0 Å². The highest BCUT2D eigenvalue weighted by atomic mass is 32.2. The van der Waals surface area contributed by atoms with Gasteiger partial charge in [-0.2, -0.15) is 0 Å². The Morgan fingerprint density at radius 3 is 2.53 bits per heavy atom. The van der Waals surface area contributed by atoms with E-state index < -0.39 is 10.0 Å². The van der Waals surface area contributed by atoms with Crippen molar-refractivity contribution in [3.05, 3.63) is 42.1 Å². The van der Waals surface area contributed by atoms with Gasteiger partial charge in [0.05, 0.1) is 24.1 Å². The number of hydrogen-bond donors (Lipinski definition) is 2. The number of hydrogen-bond acceptors (Lipinski definition) is 6. The van der Waals surface area contributed by atoms with Crippen LogP contribution in [0.1, 0.15) is 11.4 Å². The number of nitrogen functional groups attached to an aromatic ring is 1. The SMILES string of the molecule is Cc1cnc(CNS(=O)(=O)c2ccc(N)nc2)cn1. The molecule has 19 heavy (non-hydrogen) atoms. The molecule has 0 saturated heterocycles. The minimum absolute atomic E-state index is 0.0572. The fraction of sp³-hybridized carbons (Fsp3) is 0.182. The maximum atomic E-state index is 11.9. The van der Waals surface area contributed by atoms with Gasteiger partial charge >= 0.3 is 0 Å². The maximum absolute atomic E-state index is 11.9. The monoisotopic (exact) mass is 279 g/mol. The molecule has 0 radical (unpaired) electrons. The Morgan fingerprint density at radius 2 is 1.95 bits per heavy atom. The van der Waals surface area contributed by atoms with E-state index in [9.17, 15) is 8.42 Å². The molecule has 0 bridgehead atoms. The molecule has 0 aliphatic heterocycles. The molecule has 8 heteroatoms. The predicted octanol–water partition coefficient (Wildman–Crippen LogP) is 0.241. The van der Waals surface area contributed by atoms with Crippen LogP contribution in [0.2, 0.25) is 0 Å². The van der Waals surface area contributed by atoms with E-state index in [1.54, 1.807) is 13.1 Å². The van der Waals surface area contributed by atoms with Crippen molar-refractivity contribution >= 4 is 15.8 Å². The first-order chi connectivity index (χ1) is 8.97. The van der Waals surface area contributed by atoms with Crippen molar-refractivity contribution in [3.63, 3.8) is 0 Å². The minimum atomic E-state index is -3.62. The fourth-order valence-electron chi connectivity index (χ4n) is 1.31. The number of nitrogens with zero attached hydrogens (tertiary/aromatic N) is 3. The molecule has 3 N–H and O–H groups in total. The first-order valence-electron chi connectivity index (χ1n) is 5.46. The van der Waals surface area contributed by atoms with Gasteiger partial charge < -0.3 is 5.73 Å². The average molecular weight is 279 g/mol. The van der Waals surface area contributed by atoms with E-state index in [2.05, 4.69) is 19.7 Å². The number of aryl methyl sites for hydroxylation is 1. The van der Waals surface area contributed by atoms with Gasteiger partial charge in [-0.3, -0.25) is 9.97 Å². The molecule has 0 spiro atoms. The smallest absolute Gasteiger partial charge is 0.242 e. The Labute approximate surface area is 111 Å². The molecule has 0 aliphatic carbocycles. The first kappa shape index (κ1) is 13.4. The minimum Gasteiger partial charge on any atom is -0.384 e. The molecule has 2 aromatic heterocycles. The molecule has 0 fully saturated rings. The molecule has 0 aliphatic rings. The van der Waals surface area contributed by atoms with Gasteiger partial charge in [-0.25, -0.2) is 18.1 Å². The van der Waals surface area contributed by atoms with Crippen LogP contribution >= 0.6 is 0 Å². The van der Waals surface area contributed by atoms with Crippen molar-refractivity contribution in [3.8, 4) is 0 Å². The van der Waals surface area contributed by atoms with Gasteiger partial charge in [-0.15, -0.1) is 0 Å². The second-order valence-electron chi connectivity index (χ2n) is 3.89. The number of anilines is 1. The Kier molecular flexibility index (Phi) is 3.72. The summed E-state index contributed by atoms with van der Waals surface area (Å²) in [6.07, 6.45) is 4.31. The van der Waals surface area contributed by atoms with Crippen molar-refractivity contribution in [2.24, 2.45) is 0 Å². The van der Waals surface area contributed by atoms with Crippen LogP contribution in [0.25, 0.3) is 0 Å². The van der Waals surface area contributed by atoms with Gasteiger partial charge in [0.2, 0.25) is 10.0 Å². The van der Waals surface area contributed by atoms with Crippen molar-refractivity contribution in [2.75, 3.05) is 5.73 Å². The van der Waals surface area contributed by atoms with Gasteiger partial charge in [0.25, 0.3) is 0 Å². The van der Waals surface area contributed by atoms with E-state index in [4.69, 9.17) is 5.73 Å². The zero-order valence-corrected chi connectivity index (χ0v) is 11.1. The molecular formula is C11H13N5O2S. The molecule has 100 valence electrons. The van der Waals surface area contributed by atoms with E-state index in [1.807, 2.05) is 0 Å². The Hall–Kier alpha value is -2.06. The van der Waals surface area contributed by atoms with Gasteiger partial charge in [-0.05, 0) is 19.1 Å². The van der Waals surface area contributed by atoms with Gasteiger partial charge in [0.1, 0.15) is 10.7 Å². The standard InChI is InChI=1S/C11H13N5O2S/c1-8-4-14-9(5-13-8)6-16-19(17,18)10-2-3-11(12)15-7-10/h2-5,7,16H,6H2,1H3,(H2,12,15). The normalized spacial score (nSPS) is 11.4. The number of rotatable bonds is 4. The van der Waals surface area contributed by atoms with Crippen LogP contribution in [0, 0.1) is 6.92 Å². The molecule has 0 saturated carbocycles. The fourth-order valence-corrected chi connectivity index (χ4v) is 2.26. The van der Waals surface area contributed by atoms with Gasteiger partial charge in [0, 0.05) is 12.4 Å². The highest BCUT2D eigenvalue weighted by molar-refractivity contribution is 7.89. The molecule has 0 unspecified atom stereocenters. The third-order valence-corrected chi connectivity index (χ3v) is 3.73. The summed E-state index contributed by atoms with van der Waals surface area (Å²) < 4.78 is 26.3. The van der Waals surface area contributed by atoms with Gasteiger partial charge in [0.15, 0.2) is 0 Å². The molecule has 2 rings (SSSR count). The summed E-state index contributed by atoms with van der Waals surface area (Å²) in [5.41, 5.74) is 6.72. The Balaban J connectivity index is 2.09. The lowest BCUT2D eigenvalue weighted by molar-refractivity contribution is 0.580. The second kappa shape index (κ2) is 5.29. The lowest BCUT2D eigenvalue weighted by atomic mass is 10.4. The summed E-state index contributed by atoms with van der Waals surface area (Å²) >= 11 is 0. The Bertz CT molecular complexity index is 652. The van der Waals surface area contributed by atoms with Crippen molar-refractivity contribution in [1.29, 1.82) is 0 Å². The molecule has 2 heterocycles. The summed E-state index contributed by atoms with van der Waals surface area (Å²) in [6.45, 7) is 1.88. The third-order valence-electron chi connectivity index (χ3n) is 2.35. The van der Waals surface area contributed by atoms with Crippen LogP contribution in [0.4, 0.5) is 5.82 Å². The molecule has 7 nitrogen and oxygen atoms in total. The maximum Gasteiger partial charge on any atom is 0.242 e. The van der Waals surface area contributed by atoms with E-state index >= 15 is 0 Å². The van der Waals surface area contributed by atoms with Gasteiger partial charge in [-0.1, -0.05) is 0 Å². The number of aromatic nitrogens is 3. The summed E-state index contributed by atoms with van der Waals surface area (Å²) in [6, 6.07) is 2.83. The predicted molar refractivity (Wildman–Crippen MR) is 69.4 cm³/mol. The van der Waals surface area contributed by atoms with Crippen molar-refractivity contribution < 1.29 is 8.42 Å². The molecule has 0 atom stereocenters. The molecule has 2 aromatic rings.